The second-order valence-corrected chi connectivity index (χ2v) is 6.39. The maximum absolute atomic E-state index is 12.6. The summed E-state index contributed by atoms with van der Waals surface area (Å²) >= 11 is 0. The minimum Gasteiger partial charge on any atom is -0.348 e. The monoisotopic (exact) mass is 320 g/mol. The molecule has 0 spiro atoms. The Kier molecular flexibility index (Phi) is 3.87. The Hall–Kier alpha value is -1.59. The SMILES string of the molecule is CN1C[C@H]2C[C@@H]1C[C@@H]2NC(=O)c1nn(C)c2ccccc12.Cl. The molecule has 5 nitrogen and oxygen atoms in total. The molecule has 4 rings (SSSR count). The molecule has 2 fully saturated rings. The average Bonchev–Trinajstić information content (AvgIpc) is 3.12. The van der Waals surface area contributed by atoms with Gasteiger partial charge in [0.2, 0.25) is 0 Å². The van der Waals surface area contributed by atoms with Gasteiger partial charge in [-0.05, 0) is 31.9 Å². The van der Waals surface area contributed by atoms with Gasteiger partial charge >= 0.3 is 0 Å². The first-order valence-electron chi connectivity index (χ1n) is 7.56. The lowest BCUT2D eigenvalue weighted by Gasteiger charge is -2.28. The molecule has 1 amide bonds. The van der Waals surface area contributed by atoms with Gasteiger partial charge in [0.1, 0.15) is 0 Å². The van der Waals surface area contributed by atoms with Crippen LogP contribution in [0.25, 0.3) is 10.9 Å². The maximum atomic E-state index is 12.6. The third kappa shape index (κ3) is 2.29. The van der Waals surface area contributed by atoms with E-state index in [9.17, 15) is 4.79 Å². The summed E-state index contributed by atoms with van der Waals surface area (Å²) in [6, 6.07) is 8.82. The number of fused-ring (bicyclic) bond motifs is 3. The number of hydrogen-bond acceptors (Lipinski definition) is 3. The minimum absolute atomic E-state index is 0. The first kappa shape index (κ1) is 15.3. The van der Waals surface area contributed by atoms with Crippen molar-refractivity contribution in [1.82, 2.24) is 20.0 Å². The van der Waals surface area contributed by atoms with Crippen LogP contribution in [0.1, 0.15) is 23.3 Å². The van der Waals surface area contributed by atoms with Crippen molar-refractivity contribution in [3.8, 4) is 0 Å². The molecule has 118 valence electrons. The van der Waals surface area contributed by atoms with Crippen LogP contribution in [-0.4, -0.2) is 46.3 Å². The van der Waals surface area contributed by atoms with Gasteiger partial charge in [-0.2, -0.15) is 5.10 Å². The number of nitrogens with zero attached hydrogens (tertiary/aromatic N) is 3. The summed E-state index contributed by atoms with van der Waals surface area (Å²) in [7, 11) is 4.06. The summed E-state index contributed by atoms with van der Waals surface area (Å²) < 4.78 is 1.78. The van der Waals surface area contributed by atoms with Gasteiger partial charge in [-0.3, -0.25) is 9.48 Å². The Bertz CT molecular complexity index is 711. The number of nitrogens with one attached hydrogen (secondary N) is 1. The van der Waals surface area contributed by atoms with E-state index in [-0.39, 0.29) is 18.3 Å². The number of likely N-dealkylation sites (tertiary alicyclic amines) is 1. The number of aromatic nitrogens is 2. The first-order chi connectivity index (χ1) is 10.1. The normalized spacial score (nSPS) is 27.1. The Morgan fingerprint density at radius 2 is 2.05 bits per heavy atom. The lowest BCUT2D eigenvalue weighted by molar-refractivity contribution is 0.0908. The van der Waals surface area contributed by atoms with Gasteiger partial charge in [0.05, 0.1) is 5.52 Å². The highest BCUT2D eigenvalue weighted by Gasteiger charge is 2.43. The zero-order chi connectivity index (χ0) is 14.6. The van der Waals surface area contributed by atoms with E-state index in [2.05, 4.69) is 22.4 Å². The molecule has 0 radical (unpaired) electrons. The second-order valence-electron chi connectivity index (χ2n) is 6.39. The number of carbonyl (C=O) groups excluding carboxylic acids is 1. The summed E-state index contributed by atoms with van der Waals surface area (Å²) in [5, 5.41) is 8.54. The number of halogens is 1. The predicted octanol–water partition coefficient (Wildman–Crippen LogP) is 1.82. The van der Waals surface area contributed by atoms with E-state index < -0.39 is 0 Å². The Balaban J connectivity index is 0.00000144. The van der Waals surface area contributed by atoms with Crippen molar-refractivity contribution in [2.75, 3.05) is 13.6 Å². The van der Waals surface area contributed by atoms with Gasteiger partial charge in [-0.1, -0.05) is 18.2 Å². The number of aryl methyl sites for hydroxylation is 1. The highest BCUT2D eigenvalue weighted by atomic mass is 35.5. The van der Waals surface area contributed by atoms with E-state index in [1.165, 1.54) is 6.42 Å². The molecule has 2 heterocycles. The van der Waals surface area contributed by atoms with Crippen LogP contribution in [0.5, 0.6) is 0 Å². The van der Waals surface area contributed by atoms with E-state index in [0.717, 1.165) is 23.9 Å². The van der Waals surface area contributed by atoms with Crippen LogP contribution in [0.4, 0.5) is 0 Å². The molecule has 1 aromatic heterocycles. The second kappa shape index (κ2) is 5.56. The van der Waals surface area contributed by atoms with Crippen LogP contribution >= 0.6 is 12.4 Å². The maximum Gasteiger partial charge on any atom is 0.272 e. The molecular formula is C16H21ClN4O. The molecule has 1 aromatic carbocycles. The van der Waals surface area contributed by atoms with E-state index in [0.29, 0.717) is 23.7 Å². The van der Waals surface area contributed by atoms with Crippen molar-refractivity contribution in [2.45, 2.75) is 24.9 Å². The van der Waals surface area contributed by atoms with Gasteiger partial charge in [0.25, 0.3) is 5.91 Å². The molecule has 1 aliphatic heterocycles. The number of carbonyl (C=O) groups is 1. The Labute approximate surface area is 136 Å². The third-order valence-electron chi connectivity index (χ3n) is 5.11. The van der Waals surface area contributed by atoms with Gasteiger partial charge in [0.15, 0.2) is 5.69 Å². The fourth-order valence-electron chi connectivity index (χ4n) is 3.97. The molecule has 22 heavy (non-hydrogen) atoms. The van der Waals surface area contributed by atoms with Crippen LogP contribution in [0.3, 0.4) is 0 Å². The summed E-state index contributed by atoms with van der Waals surface area (Å²) in [5.74, 6) is 0.561. The molecule has 2 aliphatic rings. The molecule has 3 atom stereocenters. The van der Waals surface area contributed by atoms with E-state index in [1.54, 1.807) is 4.68 Å². The van der Waals surface area contributed by atoms with Gasteiger partial charge < -0.3 is 10.2 Å². The first-order valence-corrected chi connectivity index (χ1v) is 7.56. The number of rotatable bonds is 2. The zero-order valence-electron chi connectivity index (χ0n) is 12.8. The fraction of sp³-hybridized carbons (Fsp3) is 0.500. The molecule has 1 N–H and O–H groups in total. The largest absolute Gasteiger partial charge is 0.348 e. The predicted molar refractivity (Wildman–Crippen MR) is 88.4 cm³/mol. The average molecular weight is 321 g/mol. The molecule has 6 heteroatoms. The number of hydrogen-bond donors (Lipinski definition) is 1. The minimum atomic E-state index is -0.0352. The Morgan fingerprint density at radius 1 is 1.27 bits per heavy atom. The summed E-state index contributed by atoms with van der Waals surface area (Å²) in [5.41, 5.74) is 1.54. The van der Waals surface area contributed by atoms with E-state index >= 15 is 0 Å². The van der Waals surface area contributed by atoms with Gasteiger partial charge in [-0.15, -0.1) is 12.4 Å². The zero-order valence-corrected chi connectivity index (χ0v) is 13.6. The topological polar surface area (TPSA) is 50.2 Å². The van der Waals surface area contributed by atoms with E-state index in [1.807, 2.05) is 31.3 Å². The molecular weight excluding hydrogens is 300 g/mol. The highest BCUT2D eigenvalue weighted by Crippen LogP contribution is 2.36. The van der Waals surface area contributed by atoms with Crippen molar-refractivity contribution in [1.29, 1.82) is 0 Å². The smallest absolute Gasteiger partial charge is 0.272 e. The molecule has 2 bridgehead atoms. The summed E-state index contributed by atoms with van der Waals surface area (Å²) in [6.45, 7) is 1.10. The van der Waals surface area contributed by atoms with Crippen LogP contribution < -0.4 is 5.32 Å². The van der Waals surface area contributed by atoms with Crippen molar-refractivity contribution in [2.24, 2.45) is 13.0 Å². The molecule has 0 unspecified atom stereocenters. The fourth-order valence-corrected chi connectivity index (χ4v) is 3.97. The van der Waals surface area contributed by atoms with Crippen LogP contribution in [0.15, 0.2) is 24.3 Å². The number of para-hydroxylation sites is 1. The van der Waals surface area contributed by atoms with Crippen molar-refractivity contribution in [3.63, 3.8) is 0 Å². The van der Waals surface area contributed by atoms with Gasteiger partial charge in [0, 0.05) is 31.1 Å². The quantitative estimate of drug-likeness (QED) is 0.918. The molecule has 2 aromatic rings. The highest BCUT2D eigenvalue weighted by molar-refractivity contribution is 6.04. The molecule has 1 saturated heterocycles. The number of benzene rings is 1. The standard InChI is InChI=1S/C16H20N4O.ClH/c1-19-9-10-7-11(19)8-13(10)17-16(21)15-12-5-3-4-6-14(12)20(2)18-15;/h3-6,10-11,13H,7-9H2,1-2H3,(H,17,21);1H/t10-,11-,13+;/m1./s1. The lowest BCUT2D eigenvalue weighted by atomic mass is 10.0. The van der Waals surface area contributed by atoms with E-state index in [4.69, 9.17) is 0 Å². The summed E-state index contributed by atoms with van der Waals surface area (Å²) in [4.78, 5) is 15.0. The van der Waals surface area contributed by atoms with Crippen LogP contribution in [0.2, 0.25) is 0 Å². The Morgan fingerprint density at radius 3 is 2.73 bits per heavy atom. The lowest BCUT2D eigenvalue weighted by Crippen LogP contribution is -2.44. The number of amides is 1. The van der Waals surface area contributed by atoms with Crippen molar-refractivity contribution < 1.29 is 4.79 Å². The molecule has 1 aliphatic carbocycles. The van der Waals surface area contributed by atoms with Crippen molar-refractivity contribution >= 4 is 29.2 Å². The molecule has 1 saturated carbocycles. The summed E-state index contributed by atoms with van der Waals surface area (Å²) in [6.07, 6.45) is 2.28. The van der Waals surface area contributed by atoms with Gasteiger partial charge in [-0.25, -0.2) is 0 Å². The third-order valence-corrected chi connectivity index (χ3v) is 5.11. The number of piperidine rings is 1. The van der Waals surface area contributed by atoms with Crippen LogP contribution in [0, 0.1) is 5.92 Å². The van der Waals surface area contributed by atoms with Crippen molar-refractivity contribution in [3.05, 3.63) is 30.0 Å². The van der Waals surface area contributed by atoms with Crippen LogP contribution in [-0.2, 0) is 7.05 Å².